The summed E-state index contributed by atoms with van der Waals surface area (Å²) >= 11 is 5.50. The Morgan fingerprint density at radius 2 is 2.21 bits per heavy atom. The number of hydrogen-bond acceptors (Lipinski definition) is 4. The highest BCUT2D eigenvalue weighted by Crippen LogP contribution is 2.32. The molecule has 2 aromatic heterocycles. The first kappa shape index (κ1) is 13.2. The highest BCUT2D eigenvalue weighted by molar-refractivity contribution is 9.10. The summed E-state index contributed by atoms with van der Waals surface area (Å²) in [6.45, 7) is 5.67. The minimum atomic E-state index is 0.523. The van der Waals surface area contributed by atoms with Crippen LogP contribution in [0.5, 0.6) is 0 Å². The normalized spacial score (nSPS) is 23.8. The molecule has 0 radical (unpaired) electrons. The second-order valence-corrected chi connectivity index (χ2v) is 7.26. The van der Waals surface area contributed by atoms with Gasteiger partial charge in [0, 0.05) is 40.5 Å². The largest absolute Gasteiger partial charge is 0.365 e. The second-order valence-electron chi connectivity index (χ2n) is 4.86. The number of hydrogen-bond donors (Lipinski definition) is 0. The second kappa shape index (κ2) is 5.29. The Morgan fingerprint density at radius 3 is 3.05 bits per heavy atom. The van der Waals surface area contributed by atoms with Crippen molar-refractivity contribution < 1.29 is 0 Å². The maximum absolute atomic E-state index is 4.56. The lowest BCUT2D eigenvalue weighted by atomic mass is 10.1. The summed E-state index contributed by atoms with van der Waals surface area (Å²) in [4.78, 5) is 11.4. The van der Waals surface area contributed by atoms with Crippen LogP contribution in [0, 0.1) is 0 Å². The van der Waals surface area contributed by atoms with E-state index in [1.54, 1.807) is 0 Å². The van der Waals surface area contributed by atoms with E-state index >= 15 is 0 Å². The van der Waals surface area contributed by atoms with Crippen LogP contribution in [0.15, 0.2) is 29.0 Å². The monoisotopic (exact) mass is 337 g/mol. The van der Waals surface area contributed by atoms with Crippen LogP contribution in [0.2, 0.25) is 0 Å². The number of nitrogens with zero attached hydrogens (tertiary/aromatic N) is 3. The first-order valence-electron chi connectivity index (χ1n) is 6.45. The topological polar surface area (TPSA) is 29.0 Å². The van der Waals surface area contributed by atoms with Gasteiger partial charge in [-0.3, -0.25) is 9.97 Å². The number of fused-ring (bicyclic) bond motifs is 1. The molecule has 0 aromatic carbocycles. The Morgan fingerprint density at radius 1 is 1.37 bits per heavy atom. The molecule has 100 valence electrons. The third-order valence-electron chi connectivity index (χ3n) is 3.72. The van der Waals surface area contributed by atoms with Gasteiger partial charge < -0.3 is 4.90 Å². The molecule has 1 aliphatic heterocycles. The first-order valence-corrected chi connectivity index (χ1v) is 8.29. The predicted octanol–water partition coefficient (Wildman–Crippen LogP) is 3.72. The van der Waals surface area contributed by atoms with Gasteiger partial charge in [0.1, 0.15) is 5.52 Å². The quantitative estimate of drug-likeness (QED) is 0.792. The lowest BCUT2D eigenvalue weighted by Gasteiger charge is -2.39. The van der Waals surface area contributed by atoms with E-state index in [9.17, 15) is 0 Å². The molecule has 5 heteroatoms. The fraction of sp³-hybridized carbons (Fsp3) is 0.429. The molecule has 0 spiro atoms. The number of halogens is 1. The highest BCUT2D eigenvalue weighted by Gasteiger charge is 2.26. The molecule has 3 heterocycles. The molecule has 2 atom stereocenters. The summed E-state index contributed by atoms with van der Waals surface area (Å²) in [5.41, 5.74) is 3.15. The predicted molar refractivity (Wildman–Crippen MR) is 86.0 cm³/mol. The summed E-state index contributed by atoms with van der Waals surface area (Å²) in [6.07, 6.45) is 3.73. The number of aromatic nitrogens is 2. The van der Waals surface area contributed by atoms with Crippen molar-refractivity contribution in [1.82, 2.24) is 9.97 Å². The fourth-order valence-corrected chi connectivity index (χ4v) is 3.91. The van der Waals surface area contributed by atoms with E-state index in [2.05, 4.69) is 50.7 Å². The van der Waals surface area contributed by atoms with Crippen molar-refractivity contribution in [3.8, 4) is 0 Å². The minimum Gasteiger partial charge on any atom is -0.365 e. The van der Waals surface area contributed by atoms with E-state index in [0.717, 1.165) is 22.1 Å². The van der Waals surface area contributed by atoms with Crippen LogP contribution in [0.3, 0.4) is 0 Å². The zero-order chi connectivity index (χ0) is 13.4. The molecule has 1 aliphatic rings. The van der Waals surface area contributed by atoms with Crippen LogP contribution in [-0.2, 0) is 0 Å². The van der Waals surface area contributed by atoms with Gasteiger partial charge in [-0.1, -0.05) is 6.92 Å². The van der Waals surface area contributed by atoms with Crippen LogP contribution in [0.25, 0.3) is 11.0 Å². The van der Waals surface area contributed by atoms with Crippen LogP contribution >= 0.6 is 27.7 Å². The molecule has 0 amide bonds. The SMILES string of the molecule is CC1SCCN(c2ccnc3cc(Br)cnc23)C1C. The van der Waals surface area contributed by atoms with Gasteiger partial charge in [0.05, 0.1) is 11.2 Å². The maximum atomic E-state index is 4.56. The lowest BCUT2D eigenvalue weighted by molar-refractivity contribution is 0.628. The van der Waals surface area contributed by atoms with Crippen LogP contribution in [0.4, 0.5) is 5.69 Å². The minimum absolute atomic E-state index is 0.523. The van der Waals surface area contributed by atoms with E-state index in [1.165, 1.54) is 11.4 Å². The first-order chi connectivity index (χ1) is 9.16. The van der Waals surface area contributed by atoms with Gasteiger partial charge in [0.25, 0.3) is 0 Å². The van der Waals surface area contributed by atoms with Gasteiger partial charge in [0.2, 0.25) is 0 Å². The zero-order valence-corrected chi connectivity index (χ0v) is 13.4. The van der Waals surface area contributed by atoms with E-state index in [1.807, 2.05) is 30.2 Å². The molecular formula is C14H16BrN3S. The summed E-state index contributed by atoms with van der Waals surface area (Å²) in [5, 5.41) is 0.646. The molecule has 0 N–H and O–H groups in total. The Hall–Kier alpha value is -0.810. The van der Waals surface area contributed by atoms with Crippen molar-refractivity contribution in [3.05, 3.63) is 29.0 Å². The third-order valence-corrected chi connectivity index (χ3v) is 5.49. The molecule has 2 unspecified atom stereocenters. The summed E-state index contributed by atoms with van der Waals surface area (Å²) in [5.74, 6) is 1.17. The molecule has 0 bridgehead atoms. The van der Waals surface area contributed by atoms with Gasteiger partial charge in [-0.25, -0.2) is 0 Å². The Balaban J connectivity index is 2.09. The van der Waals surface area contributed by atoms with Crippen LogP contribution < -0.4 is 4.90 Å². The van der Waals surface area contributed by atoms with Crippen molar-refractivity contribution in [1.29, 1.82) is 0 Å². The van der Waals surface area contributed by atoms with Gasteiger partial charge in [0.15, 0.2) is 0 Å². The van der Waals surface area contributed by atoms with Gasteiger partial charge in [-0.2, -0.15) is 11.8 Å². The van der Waals surface area contributed by atoms with E-state index < -0.39 is 0 Å². The summed E-state index contributed by atoms with van der Waals surface area (Å²) in [6, 6.07) is 4.64. The Labute approximate surface area is 125 Å². The van der Waals surface area contributed by atoms with Crippen molar-refractivity contribution in [3.63, 3.8) is 0 Å². The zero-order valence-electron chi connectivity index (χ0n) is 11.0. The molecule has 2 aromatic rings. The average molecular weight is 338 g/mol. The summed E-state index contributed by atoms with van der Waals surface area (Å²) in [7, 11) is 0. The number of anilines is 1. The third kappa shape index (κ3) is 2.46. The molecule has 3 rings (SSSR count). The number of rotatable bonds is 1. The van der Waals surface area contributed by atoms with Crippen LogP contribution in [0.1, 0.15) is 13.8 Å². The lowest BCUT2D eigenvalue weighted by Crippen LogP contribution is -2.44. The van der Waals surface area contributed by atoms with Gasteiger partial charge in [-0.05, 0) is 35.0 Å². The molecule has 3 nitrogen and oxygen atoms in total. The Bertz CT molecular complexity index is 604. The van der Waals surface area contributed by atoms with Crippen LogP contribution in [-0.4, -0.2) is 33.6 Å². The fourth-order valence-electron chi connectivity index (χ4n) is 2.50. The molecular weight excluding hydrogens is 322 g/mol. The van der Waals surface area contributed by atoms with Crippen molar-refractivity contribution in [2.45, 2.75) is 25.1 Å². The van der Waals surface area contributed by atoms with Crippen molar-refractivity contribution >= 4 is 44.4 Å². The average Bonchev–Trinajstić information content (AvgIpc) is 2.41. The molecule has 1 saturated heterocycles. The summed E-state index contributed by atoms with van der Waals surface area (Å²) < 4.78 is 0.972. The molecule has 19 heavy (non-hydrogen) atoms. The molecule has 0 aliphatic carbocycles. The highest BCUT2D eigenvalue weighted by atomic mass is 79.9. The molecule has 1 fully saturated rings. The Kier molecular flexibility index (Phi) is 3.67. The number of thioether (sulfide) groups is 1. The van der Waals surface area contributed by atoms with Crippen molar-refractivity contribution in [2.24, 2.45) is 0 Å². The van der Waals surface area contributed by atoms with E-state index in [4.69, 9.17) is 0 Å². The van der Waals surface area contributed by atoms with E-state index in [-0.39, 0.29) is 0 Å². The smallest absolute Gasteiger partial charge is 0.112 e. The molecule has 0 saturated carbocycles. The maximum Gasteiger partial charge on any atom is 0.112 e. The van der Waals surface area contributed by atoms with Gasteiger partial charge in [-0.15, -0.1) is 0 Å². The standard InChI is InChI=1S/C14H16BrN3S/c1-9-10(2)19-6-5-18(9)13-3-4-16-12-7-11(15)8-17-14(12)13/h3-4,7-10H,5-6H2,1-2H3. The van der Waals surface area contributed by atoms with Crippen molar-refractivity contribution in [2.75, 3.05) is 17.2 Å². The van der Waals surface area contributed by atoms with Gasteiger partial charge >= 0.3 is 0 Å². The van der Waals surface area contributed by atoms with E-state index in [0.29, 0.717) is 11.3 Å². The number of pyridine rings is 2.